The molecule has 0 bridgehead atoms. The molecule has 0 spiro atoms. The number of allylic oxidation sites excluding steroid dienone is 2. The number of aliphatic hydroxyl groups excluding tert-OH is 2. The monoisotopic (exact) mass is 158 g/mol. The Kier molecular flexibility index (Phi) is 5.07. The first-order valence-electron chi connectivity index (χ1n) is 3.62. The third kappa shape index (κ3) is 3.55. The standard InChI is InChI=1S/C8H14O3/c1-3-7(5-9)11-8(4-2)6-10/h5-6,9-10H,3-4H2,1-2H3/b7-5+,8-6+. The summed E-state index contributed by atoms with van der Waals surface area (Å²) in [5, 5.41) is 17.1. The van der Waals surface area contributed by atoms with Crippen molar-refractivity contribution in [2.45, 2.75) is 26.7 Å². The van der Waals surface area contributed by atoms with Gasteiger partial charge in [0.25, 0.3) is 0 Å². The van der Waals surface area contributed by atoms with Gasteiger partial charge < -0.3 is 14.9 Å². The highest BCUT2D eigenvalue weighted by Crippen LogP contribution is 2.10. The minimum atomic E-state index is 0.451. The maximum absolute atomic E-state index is 8.57. The average molecular weight is 158 g/mol. The van der Waals surface area contributed by atoms with Gasteiger partial charge in [-0.3, -0.25) is 0 Å². The number of hydrogen-bond acceptors (Lipinski definition) is 3. The Morgan fingerprint density at radius 3 is 1.64 bits per heavy atom. The fraction of sp³-hybridized carbons (Fsp3) is 0.500. The van der Waals surface area contributed by atoms with Crippen LogP contribution in [0.5, 0.6) is 0 Å². The van der Waals surface area contributed by atoms with Crippen LogP contribution in [0.2, 0.25) is 0 Å². The van der Waals surface area contributed by atoms with Crippen LogP contribution in [0, 0.1) is 0 Å². The van der Waals surface area contributed by atoms with E-state index in [-0.39, 0.29) is 0 Å². The molecule has 0 amide bonds. The van der Waals surface area contributed by atoms with Crippen molar-refractivity contribution in [1.82, 2.24) is 0 Å². The lowest BCUT2D eigenvalue weighted by molar-refractivity contribution is 0.248. The molecule has 11 heavy (non-hydrogen) atoms. The molecule has 0 aliphatic rings. The van der Waals surface area contributed by atoms with Crippen molar-refractivity contribution in [1.29, 1.82) is 0 Å². The topological polar surface area (TPSA) is 49.7 Å². The van der Waals surface area contributed by atoms with Gasteiger partial charge in [-0.2, -0.15) is 0 Å². The van der Waals surface area contributed by atoms with Crippen LogP contribution in [0.4, 0.5) is 0 Å². The lowest BCUT2D eigenvalue weighted by Crippen LogP contribution is -1.91. The second kappa shape index (κ2) is 5.65. The van der Waals surface area contributed by atoms with Gasteiger partial charge in [-0.25, -0.2) is 0 Å². The van der Waals surface area contributed by atoms with Gasteiger partial charge in [-0.1, -0.05) is 13.8 Å². The highest BCUT2D eigenvalue weighted by molar-refractivity contribution is 4.95. The molecule has 64 valence electrons. The van der Waals surface area contributed by atoms with Crippen molar-refractivity contribution in [3.63, 3.8) is 0 Å². The summed E-state index contributed by atoms with van der Waals surface area (Å²) in [5.41, 5.74) is 0. The molecule has 0 saturated heterocycles. The quantitative estimate of drug-likeness (QED) is 0.618. The molecule has 0 aliphatic carbocycles. The lowest BCUT2D eigenvalue weighted by Gasteiger charge is -2.07. The van der Waals surface area contributed by atoms with E-state index in [1.165, 1.54) is 0 Å². The lowest BCUT2D eigenvalue weighted by atomic mass is 10.4. The molecule has 0 fully saturated rings. The Balaban J connectivity index is 4.00. The van der Waals surface area contributed by atoms with E-state index >= 15 is 0 Å². The van der Waals surface area contributed by atoms with Gasteiger partial charge >= 0.3 is 0 Å². The van der Waals surface area contributed by atoms with Crippen molar-refractivity contribution in [2.24, 2.45) is 0 Å². The minimum Gasteiger partial charge on any atom is -0.512 e. The fourth-order valence-corrected chi connectivity index (χ4v) is 0.548. The molecule has 0 rings (SSSR count). The largest absolute Gasteiger partial charge is 0.512 e. The first-order chi connectivity index (χ1) is 5.28. The Bertz CT molecular complexity index is 141. The summed E-state index contributed by atoms with van der Waals surface area (Å²) in [5.74, 6) is 0.902. The summed E-state index contributed by atoms with van der Waals surface area (Å²) in [6.45, 7) is 3.71. The first-order valence-corrected chi connectivity index (χ1v) is 3.62. The van der Waals surface area contributed by atoms with E-state index in [4.69, 9.17) is 14.9 Å². The molecule has 0 heterocycles. The number of rotatable bonds is 4. The normalized spacial score (nSPS) is 13.3. The van der Waals surface area contributed by atoms with Crippen LogP contribution in [0.3, 0.4) is 0 Å². The Morgan fingerprint density at radius 2 is 1.45 bits per heavy atom. The van der Waals surface area contributed by atoms with Gasteiger partial charge in [-0.05, 0) is 0 Å². The maximum atomic E-state index is 8.57. The summed E-state index contributed by atoms with van der Waals surface area (Å²) in [6, 6.07) is 0. The molecule has 2 N–H and O–H groups in total. The van der Waals surface area contributed by atoms with E-state index in [0.29, 0.717) is 24.4 Å². The van der Waals surface area contributed by atoms with Crippen LogP contribution in [0.15, 0.2) is 24.0 Å². The van der Waals surface area contributed by atoms with Crippen LogP contribution in [-0.2, 0) is 4.74 Å². The van der Waals surface area contributed by atoms with Gasteiger partial charge in [0.1, 0.15) is 24.0 Å². The van der Waals surface area contributed by atoms with E-state index in [0.717, 1.165) is 12.5 Å². The first kappa shape index (κ1) is 9.88. The Hall–Kier alpha value is -1.12. The molecule has 0 aromatic carbocycles. The van der Waals surface area contributed by atoms with Gasteiger partial charge in [0.05, 0.1) is 0 Å². The maximum Gasteiger partial charge on any atom is 0.138 e. The summed E-state index contributed by atoms with van der Waals surface area (Å²) < 4.78 is 5.07. The molecular formula is C8H14O3. The van der Waals surface area contributed by atoms with Crippen molar-refractivity contribution < 1.29 is 14.9 Å². The third-order valence-electron chi connectivity index (χ3n) is 1.25. The highest BCUT2D eigenvalue weighted by Gasteiger charge is 1.98. The second-order valence-electron chi connectivity index (χ2n) is 2.00. The molecule has 0 radical (unpaired) electrons. The summed E-state index contributed by atoms with van der Waals surface area (Å²) in [7, 11) is 0. The SMILES string of the molecule is CC/C(=C\O)O/C(=C/O)CC. The van der Waals surface area contributed by atoms with Crippen molar-refractivity contribution in [2.75, 3.05) is 0 Å². The summed E-state index contributed by atoms with van der Waals surface area (Å²) in [4.78, 5) is 0. The molecule has 0 aliphatic heterocycles. The third-order valence-corrected chi connectivity index (χ3v) is 1.25. The zero-order valence-corrected chi connectivity index (χ0v) is 6.87. The summed E-state index contributed by atoms with van der Waals surface area (Å²) in [6.07, 6.45) is 3.01. The molecule has 0 atom stereocenters. The van der Waals surface area contributed by atoms with Crippen molar-refractivity contribution in [3.05, 3.63) is 24.0 Å². The van der Waals surface area contributed by atoms with Crippen molar-refractivity contribution in [3.8, 4) is 0 Å². The highest BCUT2D eigenvalue weighted by atomic mass is 16.5. The minimum absolute atomic E-state index is 0.451. The van der Waals surface area contributed by atoms with Gasteiger partial charge in [0, 0.05) is 12.8 Å². The van der Waals surface area contributed by atoms with Crippen LogP contribution >= 0.6 is 0 Å². The predicted octanol–water partition coefficient (Wildman–Crippen LogP) is 2.62. The van der Waals surface area contributed by atoms with Crippen LogP contribution < -0.4 is 0 Å². The second-order valence-corrected chi connectivity index (χ2v) is 2.00. The summed E-state index contributed by atoms with van der Waals surface area (Å²) >= 11 is 0. The van der Waals surface area contributed by atoms with E-state index in [9.17, 15) is 0 Å². The zero-order valence-electron chi connectivity index (χ0n) is 6.87. The molecule has 0 saturated carbocycles. The molecule has 3 nitrogen and oxygen atoms in total. The number of aliphatic hydroxyl groups is 2. The number of hydrogen-bond donors (Lipinski definition) is 2. The molecule has 0 aromatic heterocycles. The van der Waals surface area contributed by atoms with Crippen LogP contribution in [-0.4, -0.2) is 10.2 Å². The van der Waals surface area contributed by atoms with Gasteiger partial charge in [-0.15, -0.1) is 0 Å². The molecule has 3 heteroatoms. The van der Waals surface area contributed by atoms with E-state index in [1.807, 2.05) is 13.8 Å². The molecule has 0 aromatic rings. The fourth-order valence-electron chi connectivity index (χ4n) is 0.548. The van der Waals surface area contributed by atoms with Gasteiger partial charge in [0.15, 0.2) is 0 Å². The average Bonchev–Trinajstić information content (AvgIpc) is 2.07. The Morgan fingerprint density at radius 1 is 1.09 bits per heavy atom. The van der Waals surface area contributed by atoms with Crippen LogP contribution in [0.1, 0.15) is 26.7 Å². The number of ether oxygens (including phenoxy) is 1. The predicted molar refractivity (Wildman–Crippen MR) is 43.1 cm³/mol. The smallest absolute Gasteiger partial charge is 0.138 e. The van der Waals surface area contributed by atoms with Crippen molar-refractivity contribution >= 4 is 0 Å². The zero-order chi connectivity index (χ0) is 8.69. The van der Waals surface area contributed by atoms with E-state index in [2.05, 4.69) is 0 Å². The molecule has 0 unspecified atom stereocenters. The molecular weight excluding hydrogens is 144 g/mol. The van der Waals surface area contributed by atoms with E-state index < -0.39 is 0 Å². The van der Waals surface area contributed by atoms with Gasteiger partial charge in [0.2, 0.25) is 0 Å². The van der Waals surface area contributed by atoms with E-state index in [1.54, 1.807) is 0 Å². The van der Waals surface area contributed by atoms with Crippen LogP contribution in [0.25, 0.3) is 0 Å². The Labute approximate surface area is 66.6 Å².